The number of rotatable bonds is 8. The van der Waals surface area contributed by atoms with Crippen molar-refractivity contribution >= 4 is 0 Å². The van der Waals surface area contributed by atoms with Gasteiger partial charge in [-0.3, -0.25) is 0 Å². The Morgan fingerprint density at radius 3 is 0.307 bits per heavy atom. The second kappa shape index (κ2) is 30.0. The number of hydrogen-bond acceptors (Lipinski definition) is 40. The molecular weight excluding hydrogens is 1220 g/mol. The lowest BCUT2D eigenvalue weighted by Crippen LogP contribution is -2.69. The normalized spacial score (nSPS) is 55.4. The summed E-state index contributed by atoms with van der Waals surface area (Å²) in [6.45, 7) is -8.64. The smallest absolute Gasteiger partial charge is 0.187 e. The van der Waals surface area contributed by atoms with Gasteiger partial charge >= 0.3 is 0 Å². The summed E-state index contributed by atoms with van der Waals surface area (Å²) in [5, 5.41) is 265. The van der Waals surface area contributed by atoms with Crippen LogP contribution >= 0.6 is 0 Å². The molecule has 0 radical (unpaired) electrons. The Kier molecular flexibility index (Phi) is 24.1. The second-order valence-electron chi connectivity index (χ2n) is 22.5. The van der Waals surface area contributed by atoms with Gasteiger partial charge in [0.25, 0.3) is 0 Å². The molecular formula is C48H80O40. The Labute approximate surface area is 496 Å². The van der Waals surface area contributed by atoms with Crippen LogP contribution in [-0.2, 0) is 75.8 Å². The molecule has 30 rings (SSSR count). The summed E-state index contributed by atoms with van der Waals surface area (Å²) in [5.74, 6) is 0. The average Bonchev–Trinajstić information content (AvgIpc) is 3.56. The molecule has 40 heteroatoms. The van der Waals surface area contributed by atoms with E-state index in [0.717, 1.165) is 0 Å². The Balaban J connectivity index is 0.975. The summed E-state index contributed by atoms with van der Waals surface area (Å²) in [6, 6.07) is 0. The first-order valence-electron chi connectivity index (χ1n) is 28.1. The largest absolute Gasteiger partial charge is 0.394 e. The third-order valence-electron chi connectivity index (χ3n) is 16.9. The van der Waals surface area contributed by atoms with Gasteiger partial charge in [-0.15, -0.1) is 0 Å². The first kappa shape index (κ1) is 70.7. The van der Waals surface area contributed by atoms with Gasteiger partial charge in [0.2, 0.25) is 0 Å². The summed E-state index contributed by atoms with van der Waals surface area (Å²) in [6.07, 6.45) is -82.0. The van der Waals surface area contributed by atoms with Crippen molar-refractivity contribution in [2.45, 2.75) is 246 Å². The van der Waals surface area contributed by atoms with Crippen LogP contribution in [-0.4, -0.2) is 421 Å². The van der Waals surface area contributed by atoms with Gasteiger partial charge in [-0.05, 0) is 0 Å². The van der Waals surface area contributed by atoms with E-state index in [1.807, 2.05) is 0 Å². The molecule has 30 aliphatic heterocycles. The number of ether oxygens (including phenoxy) is 16. The molecule has 0 spiro atoms. The van der Waals surface area contributed by atoms with Crippen molar-refractivity contribution < 1.29 is 198 Å². The monoisotopic (exact) mass is 1300 g/mol. The SMILES string of the molecule is OC[C@H]1OC2O[C@H]3[C@H](O)C(O)C(OC4[C@@H](CO)OC(O[C@H]5C(O)C(O)C(O[C@@H]5CO)O[C@H]5C(O)[C@@H](O)C(O[C@H]6[C@H](O)[C@@H](O)C(OC7C(O)[C@@H](O)C(O[C@@H]7CO)O[C@H]7C(O)C(O)C(OC1C(O)[C@H]2O)O[C@@H]7CO)O[C@@H]6CO)O[C@@H]5CO)[C@H](O)[C@H]4O)O[C@@H]3CO. The minimum absolute atomic E-state index is 1.08. The summed E-state index contributed by atoms with van der Waals surface area (Å²) >= 11 is 0. The Hall–Kier alpha value is -1.60. The maximum Gasteiger partial charge on any atom is 0.187 e. The summed E-state index contributed by atoms with van der Waals surface area (Å²) < 4.78 is 91.1. The highest BCUT2D eigenvalue weighted by atomic mass is 16.8. The molecule has 19 unspecified atom stereocenters. The lowest BCUT2D eigenvalue weighted by Gasteiger charge is -2.50. The molecule has 16 bridgehead atoms. The highest BCUT2D eigenvalue weighted by Gasteiger charge is 2.60. The van der Waals surface area contributed by atoms with E-state index in [1.165, 1.54) is 0 Å². The molecule has 24 N–H and O–H groups in total. The van der Waals surface area contributed by atoms with Crippen LogP contribution in [0, 0.1) is 0 Å². The van der Waals surface area contributed by atoms with E-state index in [0.29, 0.717) is 0 Å². The van der Waals surface area contributed by atoms with Crippen molar-refractivity contribution in [1.29, 1.82) is 0 Å². The van der Waals surface area contributed by atoms with Crippen molar-refractivity contribution in [1.82, 2.24) is 0 Å². The zero-order chi connectivity index (χ0) is 64.1. The summed E-state index contributed by atoms with van der Waals surface area (Å²) in [4.78, 5) is 0. The fourth-order valence-corrected chi connectivity index (χ4v) is 11.9. The van der Waals surface area contributed by atoms with Crippen LogP contribution in [0.4, 0.5) is 0 Å². The molecule has 0 aromatic carbocycles. The topological polar surface area (TPSA) is 633 Å². The van der Waals surface area contributed by atoms with E-state index in [2.05, 4.69) is 0 Å². The Morgan fingerprint density at radius 2 is 0.227 bits per heavy atom. The van der Waals surface area contributed by atoms with Gasteiger partial charge in [0.05, 0.1) is 52.9 Å². The molecule has 0 saturated carbocycles. The van der Waals surface area contributed by atoms with Crippen LogP contribution in [0.5, 0.6) is 0 Å². The van der Waals surface area contributed by atoms with Gasteiger partial charge in [0.15, 0.2) is 50.3 Å². The molecule has 0 aromatic heterocycles. The van der Waals surface area contributed by atoms with E-state index in [9.17, 15) is 123 Å². The lowest BCUT2D eigenvalue weighted by atomic mass is 9.94. The molecule has 40 nitrogen and oxygen atoms in total. The predicted molar refractivity (Wildman–Crippen MR) is 261 cm³/mol. The van der Waals surface area contributed by atoms with Crippen LogP contribution in [0.25, 0.3) is 0 Å². The van der Waals surface area contributed by atoms with Crippen LogP contribution in [0.3, 0.4) is 0 Å². The Morgan fingerprint density at radius 1 is 0.136 bits per heavy atom. The first-order valence-corrected chi connectivity index (χ1v) is 28.1. The van der Waals surface area contributed by atoms with Crippen molar-refractivity contribution in [3.8, 4) is 0 Å². The van der Waals surface area contributed by atoms with E-state index < -0.39 is 299 Å². The molecule has 30 heterocycles. The zero-order valence-corrected chi connectivity index (χ0v) is 46.0. The first-order chi connectivity index (χ1) is 41.9. The average molecular weight is 1300 g/mol. The molecule has 0 aliphatic carbocycles. The molecule has 40 atom stereocenters. The van der Waals surface area contributed by atoms with Crippen molar-refractivity contribution in [2.24, 2.45) is 0 Å². The minimum Gasteiger partial charge on any atom is -0.394 e. The van der Waals surface area contributed by atoms with Gasteiger partial charge in [-0.1, -0.05) is 0 Å². The number of hydrogen-bond donors (Lipinski definition) is 24. The van der Waals surface area contributed by atoms with E-state index in [-0.39, 0.29) is 0 Å². The second-order valence-corrected chi connectivity index (χ2v) is 22.5. The third-order valence-corrected chi connectivity index (χ3v) is 16.9. The quantitative estimate of drug-likeness (QED) is 0.107. The zero-order valence-electron chi connectivity index (χ0n) is 46.0. The highest BCUT2D eigenvalue weighted by molar-refractivity contribution is 5.02. The highest BCUT2D eigenvalue weighted by Crippen LogP contribution is 2.40. The van der Waals surface area contributed by atoms with Gasteiger partial charge in [-0.2, -0.15) is 0 Å². The van der Waals surface area contributed by atoms with Gasteiger partial charge < -0.3 is 198 Å². The molecule has 30 aliphatic rings. The predicted octanol–water partition coefficient (Wildman–Crippen LogP) is -17.4. The van der Waals surface area contributed by atoms with Gasteiger partial charge in [0, 0.05) is 0 Å². The van der Waals surface area contributed by atoms with Crippen molar-refractivity contribution in [3.63, 3.8) is 0 Å². The number of aliphatic hydroxyl groups is 24. The Bertz CT molecular complexity index is 1700. The van der Waals surface area contributed by atoms with Crippen LogP contribution in [0.1, 0.15) is 0 Å². The summed E-state index contributed by atoms with van der Waals surface area (Å²) in [7, 11) is 0. The van der Waals surface area contributed by atoms with Crippen LogP contribution in [0.2, 0.25) is 0 Å². The molecule has 0 aromatic rings. The molecule has 88 heavy (non-hydrogen) atoms. The van der Waals surface area contributed by atoms with E-state index in [1.54, 1.807) is 0 Å². The van der Waals surface area contributed by atoms with Crippen molar-refractivity contribution in [3.05, 3.63) is 0 Å². The maximum absolute atomic E-state index is 11.4. The van der Waals surface area contributed by atoms with Crippen molar-refractivity contribution in [2.75, 3.05) is 52.9 Å². The molecule has 30 saturated heterocycles. The molecule has 0 amide bonds. The van der Waals surface area contributed by atoms with E-state index >= 15 is 0 Å². The lowest BCUT2D eigenvalue weighted by molar-refractivity contribution is -0.404. The molecule has 512 valence electrons. The van der Waals surface area contributed by atoms with Crippen LogP contribution in [0.15, 0.2) is 0 Å². The minimum atomic E-state index is -2.25. The summed E-state index contributed by atoms with van der Waals surface area (Å²) in [5.41, 5.74) is 0. The molecule has 30 fully saturated rings. The fraction of sp³-hybridized carbons (Fsp3) is 1.00. The standard InChI is InChI=1S/C48H80O40/c49-1-9-33-17(57)25(65)41(73-9)82-34-10(2-50)75-43(27(67)19(34)59)84-36-12(4-52)77-45(29(69)21(36)61)86-38-14(6-54)79-47(31(71)23(38)63)88-40-16(8-56)80-48(32(72)24(40)64)87-39-15(7-55)78-46(30(70)22(39)62)85-37-13(5-53)76-44(28(68)20(37)60)83-35-11(3-51)74-42(81-33)26(66)18(35)58/h9-72H,1-8H2/t9-,10-,11-,12-,13-,14-,15-,16-,17-,18-,19?,20?,21?,22?,23-,24?,25-,26?,27?,28-,29-,30?,31-,32-,33?,34-,35-,36-,37?,38-,39-,40?,41?,42?,43?,44?,45?,46?,47?,48?/m1/s1. The van der Waals surface area contributed by atoms with E-state index in [4.69, 9.17) is 75.8 Å². The van der Waals surface area contributed by atoms with Crippen LogP contribution < -0.4 is 0 Å². The fourth-order valence-electron chi connectivity index (χ4n) is 11.9. The van der Waals surface area contributed by atoms with Gasteiger partial charge in [0.1, 0.15) is 195 Å². The van der Waals surface area contributed by atoms with Gasteiger partial charge in [-0.25, -0.2) is 0 Å². The third kappa shape index (κ3) is 13.8. The maximum atomic E-state index is 11.4. The number of aliphatic hydroxyl groups excluding tert-OH is 24.